The highest BCUT2D eigenvalue weighted by Crippen LogP contribution is 2.11. The fourth-order valence-corrected chi connectivity index (χ4v) is 1.92. The van der Waals surface area contributed by atoms with Crippen LogP contribution in [-0.2, 0) is 16.0 Å². The second-order valence-corrected chi connectivity index (χ2v) is 6.04. The van der Waals surface area contributed by atoms with Gasteiger partial charge in [-0.3, -0.25) is 0 Å². The van der Waals surface area contributed by atoms with Crippen LogP contribution in [-0.4, -0.2) is 40.4 Å². The first-order valence-electron chi connectivity index (χ1n) is 6.59. The van der Waals surface area contributed by atoms with Gasteiger partial charge in [-0.25, -0.2) is 14.6 Å². The zero-order chi connectivity index (χ0) is 16.0. The fraction of sp³-hybridized carbons (Fsp3) is 0.615. The van der Waals surface area contributed by atoms with Gasteiger partial charge in [-0.1, -0.05) is 0 Å². The molecule has 0 aliphatic heterocycles. The van der Waals surface area contributed by atoms with Crippen molar-refractivity contribution < 1.29 is 19.1 Å². The Morgan fingerprint density at radius 3 is 2.67 bits per heavy atom. The van der Waals surface area contributed by atoms with E-state index in [1.54, 1.807) is 38.5 Å². The van der Waals surface area contributed by atoms with Crippen molar-refractivity contribution in [3.63, 3.8) is 0 Å². The van der Waals surface area contributed by atoms with Gasteiger partial charge in [0.15, 0.2) is 0 Å². The van der Waals surface area contributed by atoms with Gasteiger partial charge in [0.2, 0.25) is 5.82 Å². The lowest BCUT2D eigenvalue weighted by Crippen LogP contribution is -2.34. The normalized spacial score (nSPS) is 11.1. The van der Waals surface area contributed by atoms with Crippen molar-refractivity contribution in [1.29, 1.82) is 0 Å². The number of rotatable bonds is 5. The fourth-order valence-electron chi connectivity index (χ4n) is 1.51. The summed E-state index contributed by atoms with van der Waals surface area (Å²) in [5.74, 6) is -0.310. The lowest BCUT2D eigenvalue weighted by Gasteiger charge is -2.19. The largest absolute Gasteiger partial charge is 0.460 e. The predicted molar refractivity (Wildman–Crippen MR) is 80.1 cm³/mol. The molecule has 118 valence electrons. The summed E-state index contributed by atoms with van der Waals surface area (Å²) in [5.41, 5.74) is -0.543. The number of hydrogen-bond acceptors (Lipinski definition) is 5. The average molecular weight is 362 g/mol. The number of imidazole rings is 1. The number of amides is 1. The molecule has 0 spiro atoms. The lowest BCUT2D eigenvalue weighted by atomic mass is 10.2. The number of nitrogens with zero attached hydrogens (tertiary/aromatic N) is 2. The first kappa shape index (κ1) is 17.5. The molecule has 0 fully saturated rings. The van der Waals surface area contributed by atoms with Crippen molar-refractivity contribution in [1.82, 2.24) is 14.9 Å². The Kier molecular flexibility index (Phi) is 6.19. The Bertz CT molecular complexity index is 508. The molecule has 0 unspecified atom stereocenters. The molecule has 1 aromatic rings. The first-order chi connectivity index (χ1) is 9.73. The summed E-state index contributed by atoms with van der Waals surface area (Å²) in [6.07, 6.45) is 1.16. The van der Waals surface area contributed by atoms with E-state index in [9.17, 15) is 9.59 Å². The van der Waals surface area contributed by atoms with Crippen molar-refractivity contribution in [2.45, 2.75) is 39.8 Å². The van der Waals surface area contributed by atoms with Gasteiger partial charge in [0, 0.05) is 19.3 Å². The summed E-state index contributed by atoms with van der Waals surface area (Å²) in [5, 5.41) is 2.62. The number of halogens is 1. The molecule has 1 N–H and O–H groups in total. The van der Waals surface area contributed by atoms with Gasteiger partial charge in [-0.2, -0.15) is 0 Å². The van der Waals surface area contributed by atoms with Gasteiger partial charge in [0.25, 0.3) is 0 Å². The number of hydrogen-bond donors (Lipinski definition) is 1. The quantitative estimate of drug-likeness (QED) is 0.813. The van der Waals surface area contributed by atoms with Crippen LogP contribution in [0.2, 0.25) is 0 Å². The van der Waals surface area contributed by atoms with Crippen LogP contribution in [0.5, 0.6) is 0 Å². The number of aromatic nitrogens is 2. The van der Waals surface area contributed by atoms with Gasteiger partial charge >= 0.3 is 12.1 Å². The molecule has 0 aliphatic carbocycles. The molecule has 7 nitrogen and oxygen atoms in total. The number of nitrogens with one attached hydrogen (secondary N) is 1. The van der Waals surface area contributed by atoms with Gasteiger partial charge in [0.1, 0.15) is 10.2 Å². The van der Waals surface area contributed by atoms with Crippen molar-refractivity contribution in [3.8, 4) is 0 Å². The van der Waals surface area contributed by atoms with Crippen molar-refractivity contribution in [2.24, 2.45) is 0 Å². The first-order valence-corrected chi connectivity index (χ1v) is 7.39. The van der Waals surface area contributed by atoms with Crippen molar-refractivity contribution >= 4 is 28.0 Å². The van der Waals surface area contributed by atoms with Gasteiger partial charge in [-0.05, 0) is 43.6 Å². The maximum absolute atomic E-state index is 11.7. The minimum absolute atomic E-state index is 0.190. The van der Waals surface area contributed by atoms with E-state index in [2.05, 4.69) is 26.2 Å². The van der Waals surface area contributed by atoms with Crippen LogP contribution < -0.4 is 5.32 Å². The number of alkyl carbamates (subject to hydrolysis) is 1. The minimum atomic E-state index is -0.543. The Morgan fingerprint density at radius 1 is 1.43 bits per heavy atom. The molecule has 0 saturated heterocycles. The Labute approximate surface area is 132 Å². The van der Waals surface area contributed by atoms with E-state index < -0.39 is 17.7 Å². The van der Waals surface area contributed by atoms with Crippen molar-refractivity contribution in [3.05, 3.63) is 16.6 Å². The third kappa shape index (κ3) is 6.16. The molecule has 0 saturated carbocycles. The highest BCUT2D eigenvalue weighted by molar-refractivity contribution is 9.10. The maximum Gasteiger partial charge on any atom is 0.407 e. The lowest BCUT2D eigenvalue weighted by molar-refractivity contribution is 0.0506. The zero-order valence-corrected chi connectivity index (χ0v) is 14.2. The molecule has 1 aromatic heterocycles. The highest BCUT2D eigenvalue weighted by atomic mass is 79.9. The summed E-state index contributed by atoms with van der Waals surface area (Å²) in [6, 6.07) is 0. The van der Waals surface area contributed by atoms with Gasteiger partial charge in [-0.15, -0.1) is 0 Å². The van der Waals surface area contributed by atoms with E-state index in [0.29, 0.717) is 17.7 Å². The molecule has 8 heteroatoms. The molecule has 0 aliphatic rings. The highest BCUT2D eigenvalue weighted by Gasteiger charge is 2.18. The average Bonchev–Trinajstić information content (AvgIpc) is 2.68. The van der Waals surface area contributed by atoms with Crippen LogP contribution in [0.25, 0.3) is 0 Å². The molecule has 0 aromatic carbocycles. The number of carbonyl (C=O) groups excluding carboxylic acids is 2. The van der Waals surface area contributed by atoms with Crippen LogP contribution in [0.3, 0.4) is 0 Å². The summed E-state index contributed by atoms with van der Waals surface area (Å²) in [4.78, 5) is 27.3. The summed E-state index contributed by atoms with van der Waals surface area (Å²) in [7, 11) is 0. The zero-order valence-electron chi connectivity index (χ0n) is 12.6. The summed E-state index contributed by atoms with van der Waals surface area (Å²) >= 11 is 3.21. The molecule has 0 atom stereocenters. The third-order valence-corrected chi connectivity index (χ3v) is 2.61. The standard InChI is InChI=1S/C13H20BrN3O4/c1-5-20-11(18)10-16-9(14)8-17(10)7-6-15-12(19)21-13(2,3)4/h8H,5-7H2,1-4H3,(H,15,19). The third-order valence-electron chi connectivity index (χ3n) is 2.23. The summed E-state index contributed by atoms with van der Waals surface area (Å²) in [6.45, 7) is 8.06. The topological polar surface area (TPSA) is 82.5 Å². The van der Waals surface area contributed by atoms with Crippen LogP contribution >= 0.6 is 15.9 Å². The van der Waals surface area contributed by atoms with Crippen LogP contribution in [0.4, 0.5) is 4.79 Å². The molecular formula is C13H20BrN3O4. The predicted octanol–water partition coefficient (Wildman–Crippen LogP) is 2.35. The molecule has 0 radical (unpaired) electrons. The minimum Gasteiger partial charge on any atom is -0.460 e. The molecule has 1 amide bonds. The maximum atomic E-state index is 11.7. The second-order valence-electron chi connectivity index (χ2n) is 5.23. The van der Waals surface area contributed by atoms with E-state index in [4.69, 9.17) is 9.47 Å². The smallest absolute Gasteiger partial charge is 0.407 e. The van der Waals surface area contributed by atoms with Crippen LogP contribution in [0.1, 0.15) is 38.3 Å². The van der Waals surface area contributed by atoms with Crippen LogP contribution in [0, 0.1) is 0 Å². The van der Waals surface area contributed by atoms with Gasteiger partial charge in [0.05, 0.1) is 6.61 Å². The Hall–Kier alpha value is -1.57. The number of ether oxygens (including phenoxy) is 2. The number of carbonyl (C=O) groups is 2. The van der Waals surface area contributed by atoms with E-state index >= 15 is 0 Å². The Morgan fingerprint density at radius 2 is 2.10 bits per heavy atom. The SMILES string of the molecule is CCOC(=O)c1nc(Br)cn1CCNC(=O)OC(C)(C)C. The van der Waals surface area contributed by atoms with Crippen LogP contribution in [0.15, 0.2) is 10.8 Å². The summed E-state index contributed by atoms with van der Waals surface area (Å²) < 4.78 is 12.2. The molecular weight excluding hydrogens is 342 g/mol. The number of esters is 1. The van der Waals surface area contributed by atoms with E-state index in [-0.39, 0.29) is 12.4 Å². The van der Waals surface area contributed by atoms with E-state index in [0.717, 1.165) is 0 Å². The molecule has 1 heterocycles. The molecule has 0 bridgehead atoms. The molecule has 21 heavy (non-hydrogen) atoms. The Balaban J connectivity index is 2.56. The second kappa shape index (κ2) is 7.44. The van der Waals surface area contributed by atoms with E-state index in [1.165, 1.54) is 0 Å². The molecule has 1 rings (SSSR count). The van der Waals surface area contributed by atoms with E-state index in [1.807, 2.05) is 0 Å². The van der Waals surface area contributed by atoms with Crippen molar-refractivity contribution in [2.75, 3.05) is 13.2 Å². The monoisotopic (exact) mass is 361 g/mol. The van der Waals surface area contributed by atoms with Gasteiger partial charge < -0.3 is 19.4 Å².